The van der Waals surface area contributed by atoms with Crippen molar-refractivity contribution in [1.29, 1.82) is 0 Å². The molecular weight excluding hydrogens is 395 g/mol. The lowest BCUT2D eigenvalue weighted by atomic mass is 10.0. The van der Waals surface area contributed by atoms with E-state index in [9.17, 15) is 9.18 Å². The summed E-state index contributed by atoms with van der Waals surface area (Å²) in [6.07, 6.45) is 8.83. The minimum Gasteiger partial charge on any atom is -0.348 e. The van der Waals surface area contributed by atoms with E-state index >= 15 is 0 Å². The molecule has 3 aromatic rings. The third-order valence-electron chi connectivity index (χ3n) is 5.66. The molecule has 1 aromatic carbocycles. The number of hydrogen-bond donors (Lipinski definition) is 1. The Morgan fingerprint density at radius 1 is 1.19 bits per heavy atom. The van der Waals surface area contributed by atoms with Crippen LogP contribution in [0.4, 0.5) is 4.39 Å². The van der Waals surface area contributed by atoms with Gasteiger partial charge in [0.25, 0.3) is 5.91 Å². The highest BCUT2D eigenvalue weighted by atomic mass is 19.1. The molecule has 1 fully saturated rings. The van der Waals surface area contributed by atoms with E-state index in [2.05, 4.69) is 20.3 Å². The van der Waals surface area contributed by atoms with Gasteiger partial charge in [-0.3, -0.25) is 14.4 Å². The van der Waals surface area contributed by atoms with Crippen LogP contribution in [0.5, 0.6) is 0 Å². The average molecular weight is 423 g/mol. The van der Waals surface area contributed by atoms with Gasteiger partial charge in [-0.2, -0.15) is 5.10 Å². The van der Waals surface area contributed by atoms with E-state index in [1.165, 1.54) is 17.7 Å². The molecule has 0 bridgehead atoms. The van der Waals surface area contributed by atoms with Crippen molar-refractivity contribution in [3.8, 4) is 0 Å². The van der Waals surface area contributed by atoms with Gasteiger partial charge in [0.2, 0.25) is 0 Å². The summed E-state index contributed by atoms with van der Waals surface area (Å²) in [5.74, 6) is 0.232. The van der Waals surface area contributed by atoms with E-state index in [0.29, 0.717) is 17.8 Å². The molecule has 3 heterocycles. The average Bonchev–Trinajstić information content (AvgIpc) is 3.18. The molecule has 1 saturated heterocycles. The van der Waals surface area contributed by atoms with Crippen LogP contribution in [0.15, 0.2) is 42.9 Å². The summed E-state index contributed by atoms with van der Waals surface area (Å²) in [4.78, 5) is 24.3. The Bertz CT molecular complexity index is 1050. The summed E-state index contributed by atoms with van der Waals surface area (Å²) < 4.78 is 14.8. The number of hydrogen-bond acceptors (Lipinski definition) is 5. The third-order valence-corrected chi connectivity index (χ3v) is 5.66. The maximum absolute atomic E-state index is 13.0. The zero-order valence-corrected chi connectivity index (χ0v) is 17.9. The zero-order chi connectivity index (χ0) is 21.8. The normalized spacial score (nSPS) is 16.9. The van der Waals surface area contributed by atoms with Gasteiger partial charge in [-0.05, 0) is 44.0 Å². The Morgan fingerprint density at radius 3 is 2.71 bits per heavy atom. The number of carbonyl (C=O) groups excluding carboxylic acids is 1. The van der Waals surface area contributed by atoms with Crippen LogP contribution in [0.1, 0.15) is 58.3 Å². The predicted molar refractivity (Wildman–Crippen MR) is 115 cm³/mol. The molecule has 2 aromatic heterocycles. The van der Waals surface area contributed by atoms with E-state index in [4.69, 9.17) is 4.98 Å². The first kappa shape index (κ1) is 21.1. The molecule has 1 unspecified atom stereocenters. The lowest BCUT2D eigenvalue weighted by Crippen LogP contribution is -2.34. The monoisotopic (exact) mass is 422 g/mol. The fraction of sp³-hybridized carbons (Fsp3) is 0.391. The highest BCUT2D eigenvalue weighted by molar-refractivity contribution is 5.94. The largest absolute Gasteiger partial charge is 0.348 e. The summed E-state index contributed by atoms with van der Waals surface area (Å²) in [6.45, 7) is 3.96. The SMILES string of the molecule is Cc1nc(C2CCCCN2Cc2cnn(C)c2)ncc1C(=O)NCc1ccc(F)cc1. The summed E-state index contributed by atoms with van der Waals surface area (Å²) >= 11 is 0. The first-order valence-corrected chi connectivity index (χ1v) is 10.6. The van der Waals surface area contributed by atoms with Gasteiger partial charge in [0, 0.05) is 38.1 Å². The highest BCUT2D eigenvalue weighted by Crippen LogP contribution is 2.30. The van der Waals surface area contributed by atoms with E-state index in [-0.39, 0.29) is 17.8 Å². The van der Waals surface area contributed by atoms with Crippen LogP contribution in [0.3, 0.4) is 0 Å². The fourth-order valence-corrected chi connectivity index (χ4v) is 4.01. The number of nitrogens with zero attached hydrogens (tertiary/aromatic N) is 5. The second kappa shape index (κ2) is 9.34. The molecule has 4 rings (SSSR count). The first-order valence-electron chi connectivity index (χ1n) is 10.6. The molecule has 31 heavy (non-hydrogen) atoms. The number of nitrogens with one attached hydrogen (secondary N) is 1. The number of piperidine rings is 1. The standard InChI is InChI=1S/C23H27FN6O/c1-16-20(23(31)26-11-17-6-8-19(24)9-7-17)13-25-22(28-16)21-5-3-4-10-30(21)15-18-12-27-29(2)14-18/h6-9,12-14,21H,3-5,10-11,15H2,1-2H3,(H,26,31). The van der Waals surface area contributed by atoms with Crippen molar-refractivity contribution in [3.63, 3.8) is 0 Å². The minimum absolute atomic E-state index is 0.129. The summed E-state index contributed by atoms with van der Waals surface area (Å²) in [6, 6.07) is 6.20. The van der Waals surface area contributed by atoms with Crippen LogP contribution in [-0.4, -0.2) is 37.1 Å². The van der Waals surface area contributed by atoms with E-state index in [1.54, 1.807) is 18.3 Å². The van der Waals surface area contributed by atoms with Crippen molar-refractivity contribution >= 4 is 5.91 Å². The molecule has 1 atom stereocenters. The lowest BCUT2D eigenvalue weighted by Gasteiger charge is -2.34. The van der Waals surface area contributed by atoms with Gasteiger partial charge in [0.05, 0.1) is 23.5 Å². The number of benzene rings is 1. The molecule has 0 aliphatic carbocycles. The number of aromatic nitrogens is 4. The van der Waals surface area contributed by atoms with Crippen molar-refractivity contribution in [2.75, 3.05) is 6.54 Å². The quantitative estimate of drug-likeness (QED) is 0.660. The maximum atomic E-state index is 13.0. The molecule has 8 heteroatoms. The Hall–Kier alpha value is -3.13. The Kier molecular flexibility index (Phi) is 6.36. The second-order valence-corrected chi connectivity index (χ2v) is 8.04. The molecule has 7 nitrogen and oxygen atoms in total. The zero-order valence-electron chi connectivity index (χ0n) is 17.9. The molecule has 0 radical (unpaired) electrons. The smallest absolute Gasteiger partial charge is 0.254 e. The van der Waals surface area contributed by atoms with Crippen LogP contribution in [-0.2, 0) is 20.1 Å². The predicted octanol–water partition coefficient (Wildman–Crippen LogP) is 3.31. The topological polar surface area (TPSA) is 75.9 Å². The number of rotatable bonds is 6. The van der Waals surface area contributed by atoms with Crippen LogP contribution < -0.4 is 5.32 Å². The lowest BCUT2D eigenvalue weighted by molar-refractivity contribution is 0.0948. The highest BCUT2D eigenvalue weighted by Gasteiger charge is 2.27. The molecule has 0 saturated carbocycles. The van der Waals surface area contributed by atoms with Crippen molar-refractivity contribution in [1.82, 2.24) is 30.0 Å². The molecule has 1 aliphatic heterocycles. The summed E-state index contributed by atoms with van der Waals surface area (Å²) in [7, 11) is 1.92. The van der Waals surface area contributed by atoms with Crippen molar-refractivity contribution in [2.24, 2.45) is 7.05 Å². The second-order valence-electron chi connectivity index (χ2n) is 8.04. The molecule has 162 valence electrons. The van der Waals surface area contributed by atoms with Gasteiger partial charge < -0.3 is 5.32 Å². The molecule has 1 amide bonds. The van der Waals surface area contributed by atoms with Gasteiger partial charge in [-0.1, -0.05) is 18.6 Å². The van der Waals surface area contributed by atoms with E-state index < -0.39 is 0 Å². The van der Waals surface area contributed by atoms with Crippen molar-refractivity contribution in [2.45, 2.75) is 45.3 Å². The van der Waals surface area contributed by atoms with Crippen LogP contribution in [0.2, 0.25) is 0 Å². The van der Waals surface area contributed by atoms with Crippen molar-refractivity contribution < 1.29 is 9.18 Å². The number of halogens is 1. The number of aryl methyl sites for hydroxylation is 2. The van der Waals surface area contributed by atoms with Gasteiger partial charge in [-0.25, -0.2) is 14.4 Å². The number of carbonyl (C=O) groups is 1. The fourth-order valence-electron chi connectivity index (χ4n) is 4.01. The minimum atomic E-state index is -0.296. The van der Waals surface area contributed by atoms with Crippen molar-refractivity contribution in [3.05, 3.63) is 76.9 Å². The number of amides is 1. The first-order chi connectivity index (χ1) is 15.0. The van der Waals surface area contributed by atoms with Crippen LogP contribution in [0.25, 0.3) is 0 Å². The Balaban J connectivity index is 1.45. The van der Waals surface area contributed by atoms with Gasteiger partial charge in [-0.15, -0.1) is 0 Å². The molecule has 1 aliphatic rings. The molecule has 1 N–H and O–H groups in total. The van der Waals surface area contributed by atoms with Crippen LogP contribution >= 0.6 is 0 Å². The summed E-state index contributed by atoms with van der Waals surface area (Å²) in [5.41, 5.74) is 3.12. The molecule has 0 spiro atoms. The Morgan fingerprint density at radius 2 is 2.00 bits per heavy atom. The molecular formula is C23H27FN6O. The van der Waals surface area contributed by atoms with E-state index in [0.717, 1.165) is 43.7 Å². The van der Waals surface area contributed by atoms with E-state index in [1.807, 2.05) is 31.0 Å². The van der Waals surface area contributed by atoms with Gasteiger partial charge >= 0.3 is 0 Å². The third kappa shape index (κ3) is 5.14. The van der Waals surface area contributed by atoms with Gasteiger partial charge in [0.1, 0.15) is 11.6 Å². The number of likely N-dealkylation sites (tertiary alicyclic amines) is 1. The maximum Gasteiger partial charge on any atom is 0.254 e. The van der Waals surface area contributed by atoms with Crippen LogP contribution in [0, 0.1) is 12.7 Å². The summed E-state index contributed by atoms with van der Waals surface area (Å²) in [5, 5.41) is 7.12. The Labute approximate surface area is 181 Å². The van der Waals surface area contributed by atoms with Gasteiger partial charge in [0.15, 0.2) is 0 Å².